The van der Waals surface area contributed by atoms with E-state index < -0.39 is 30.0 Å². The second kappa shape index (κ2) is 14.0. The molecular formula is C39H38N6O5. The first-order valence-electron chi connectivity index (χ1n) is 16.9. The van der Waals surface area contributed by atoms with Gasteiger partial charge in [0.15, 0.2) is 0 Å². The van der Waals surface area contributed by atoms with E-state index in [1.54, 1.807) is 36.1 Å². The molecule has 11 heteroatoms. The van der Waals surface area contributed by atoms with Gasteiger partial charge < -0.3 is 26.4 Å². The molecule has 0 saturated heterocycles. The number of nitrogens with zero attached hydrogens (tertiary/aromatic N) is 2. The highest BCUT2D eigenvalue weighted by Gasteiger charge is 2.36. The van der Waals surface area contributed by atoms with Gasteiger partial charge in [0.1, 0.15) is 24.5 Å². The van der Waals surface area contributed by atoms with Crippen molar-refractivity contribution in [3.63, 3.8) is 0 Å². The fraction of sp³-hybridized carbons (Fsp3) is 0.256. The van der Waals surface area contributed by atoms with E-state index in [0.29, 0.717) is 49.4 Å². The summed E-state index contributed by atoms with van der Waals surface area (Å²) in [6, 6.07) is 27.0. The zero-order valence-electron chi connectivity index (χ0n) is 27.6. The van der Waals surface area contributed by atoms with E-state index in [4.69, 9.17) is 15.5 Å². The number of nitrogens with one attached hydrogen (secondary N) is 3. The average molecular weight is 671 g/mol. The summed E-state index contributed by atoms with van der Waals surface area (Å²) >= 11 is 0. The van der Waals surface area contributed by atoms with Crippen molar-refractivity contribution < 1.29 is 23.9 Å². The maximum Gasteiger partial charge on any atom is 0.407 e. The van der Waals surface area contributed by atoms with E-state index in [2.05, 4.69) is 28.1 Å². The van der Waals surface area contributed by atoms with E-state index in [-0.39, 0.29) is 18.4 Å². The predicted molar refractivity (Wildman–Crippen MR) is 190 cm³/mol. The molecule has 4 aromatic rings. The molecule has 2 atom stereocenters. The van der Waals surface area contributed by atoms with Crippen LogP contribution in [0.1, 0.15) is 64.7 Å². The Labute approximate surface area is 289 Å². The molecule has 4 amide bonds. The third-order valence-corrected chi connectivity index (χ3v) is 9.45. The Balaban J connectivity index is 0.965. The van der Waals surface area contributed by atoms with Crippen molar-refractivity contribution in [2.24, 2.45) is 10.7 Å². The number of amidine groups is 1. The third kappa shape index (κ3) is 6.35. The lowest BCUT2D eigenvalue weighted by atomic mass is 9.98. The van der Waals surface area contributed by atoms with Gasteiger partial charge in [-0.2, -0.15) is 0 Å². The molecule has 0 aromatic heterocycles. The molecule has 0 radical (unpaired) electrons. The number of anilines is 1. The fourth-order valence-electron chi connectivity index (χ4n) is 6.88. The molecule has 0 bridgehead atoms. The van der Waals surface area contributed by atoms with E-state index in [1.807, 2.05) is 54.6 Å². The van der Waals surface area contributed by atoms with Crippen LogP contribution in [0, 0.1) is 0 Å². The van der Waals surface area contributed by atoms with E-state index in [1.165, 1.54) is 0 Å². The van der Waals surface area contributed by atoms with Crippen molar-refractivity contribution in [1.82, 2.24) is 15.5 Å². The summed E-state index contributed by atoms with van der Waals surface area (Å²) in [7, 11) is 0. The topological polar surface area (TPSA) is 155 Å². The number of hydrogen-bond acceptors (Lipinski definition) is 7. The molecule has 11 nitrogen and oxygen atoms in total. The van der Waals surface area contributed by atoms with Gasteiger partial charge in [-0.15, -0.1) is 0 Å². The van der Waals surface area contributed by atoms with Crippen LogP contribution in [0.2, 0.25) is 0 Å². The van der Waals surface area contributed by atoms with Crippen molar-refractivity contribution in [3.05, 3.63) is 119 Å². The smallest absolute Gasteiger partial charge is 0.407 e. The Bertz CT molecular complexity index is 1980. The standard InChI is InChI=1S/C39H38N6O5/c1-23(36(46)42-25-17-18-33-24(20-25)21-45-35(43-33)30-14-6-7-15-31(30)38(45)48)41-37(47)34(16-8-9-19-40)44-39(49)50-22-32-28-12-4-2-10-26(28)27-11-3-5-13-29(27)32/h2-7,10-15,17-18,20,23,32,34H,8-9,16,19,21-22,40H2,1H3,(H,41,47)(H,42,46)(H,44,49)/t23-,34+/m1/s1. The first-order chi connectivity index (χ1) is 24.3. The molecule has 3 aliphatic rings. The highest BCUT2D eigenvalue weighted by molar-refractivity contribution is 6.24. The van der Waals surface area contributed by atoms with E-state index in [9.17, 15) is 19.2 Å². The molecule has 1 aliphatic carbocycles. The molecule has 7 rings (SSSR count). The van der Waals surface area contributed by atoms with Gasteiger partial charge in [-0.25, -0.2) is 9.79 Å². The molecular weight excluding hydrogens is 632 g/mol. The van der Waals surface area contributed by atoms with E-state index >= 15 is 0 Å². The Kier molecular flexibility index (Phi) is 9.14. The third-order valence-electron chi connectivity index (χ3n) is 9.45. The van der Waals surface area contributed by atoms with Crippen molar-refractivity contribution in [1.29, 1.82) is 0 Å². The summed E-state index contributed by atoms with van der Waals surface area (Å²) in [5, 5.41) is 8.30. The minimum absolute atomic E-state index is 0.108. The largest absolute Gasteiger partial charge is 0.449 e. The van der Waals surface area contributed by atoms with Crippen LogP contribution in [0.15, 0.2) is 96.0 Å². The Morgan fingerprint density at radius 3 is 2.22 bits per heavy atom. The lowest BCUT2D eigenvalue weighted by Crippen LogP contribution is -2.51. The number of alkyl carbamates (subject to hydrolysis) is 1. The number of benzene rings is 4. The number of rotatable bonds is 11. The van der Waals surface area contributed by atoms with Crippen molar-refractivity contribution >= 4 is 41.0 Å². The number of ether oxygens (including phenoxy) is 1. The number of carbonyl (C=O) groups excluding carboxylic acids is 4. The van der Waals surface area contributed by atoms with Gasteiger partial charge in [0.25, 0.3) is 5.91 Å². The highest BCUT2D eigenvalue weighted by Crippen LogP contribution is 2.44. The molecule has 0 fully saturated rings. The van der Waals surface area contributed by atoms with Crippen LogP contribution in [-0.2, 0) is 20.9 Å². The van der Waals surface area contributed by atoms with E-state index in [0.717, 1.165) is 39.1 Å². The van der Waals surface area contributed by atoms with Gasteiger partial charge >= 0.3 is 6.09 Å². The number of hydrogen-bond donors (Lipinski definition) is 4. The lowest BCUT2D eigenvalue weighted by molar-refractivity contribution is -0.127. The molecule has 0 unspecified atom stereocenters. The Morgan fingerprint density at radius 1 is 0.860 bits per heavy atom. The summed E-state index contributed by atoms with van der Waals surface area (Å²) in [6.07, 6.45) is 0.887. The lowest BCUT2D eigenvalue weighted by Gasteiger charge is -2.24. The molecule has 2 heterocycles. The monoisotopic (exact) mass is 670 g/mol. The van der Waals surface area contributed by atoms with Gasteiger partial charge in [0.2, 0.25) is 11.8 Å². The zero-order valence-corrected chi connectivity index (χ0v) is 27.6. The van der Waals surface area contributed by atoms with Gasteiger partial charge in [-0.05, 0) is 84.8 Å². The van der Waals surface area contributed by atoms with Gasteiger partial charge in [0, 0.05) is 17.2 Å². The van der Waals surface area contributed by atoms with Gasteiger partial charge in [-0.3, -0.25) is 19.3 Å². The van der Waals surface area contributed by atoms with Crippen LogP contribution in [-0.4, -0.2) is 59.8 Å². The molecule has 2 aliphatic heterocycles. The predicted octanol–water partition coefficient (Wildman–Crippen LogP) is 5.21. The van der Waals surface area contributed by atoms with Crippen molar-refractivity contribution in [2.45, 2.75) is 50.7 Å². The molecule has 0 saturated carbocycles. The zero-order chi connectivity index (χ0) is 34.8. The fourth-order valence-corrected chi connectivity index (χ4v) is 6.88. The Hall–Kier alpha value is -5.81. The number of amides is 4. The first-order valence-corrected chi connectivity index (χ1v) is 16.9. The number of carbonyl (C=O) groups is 4. The van der Waals surface area contributed by atoms with Crippen LogP contribution in [0.4, 0.5) is 16.2 Å². The van der Waals surface area contributed by atoms with Gasteiger partial charge in [-0.1, -0.05) is 66.7 Å². The number of nitrogens with two attached hydrogens (primary N) is 1. The van der Waals surface area contributed by atoms with Crippen LogP contribution < -0.4 is 21.7 Å². The van der Waals surface area contributed by atoms with Crippen LogP contribution in [0.3, 0.4) is 0 Å². The van der Waals surface area contributed by atoms with Gasteiger partial charge in [0.05, 0.1) is 17.8 Å². The quantitative estimate of drug-likeness (QED) is 0.161. The maximum atomic E-state index is 13.4. The Morgan fingerprint density at radius 2 is 1.52 bits per heavy atom. The summed E-state index contributed by atoms with van der Waals surface area (Å²) in [4.78, 5) is 59.0. The SMILES string of the molecule is C[C@@H](NC(=O)[C@H](CCCCN)NC(=O)OCC1c2ccccc2-c2ccccc21)C(=O)Nc1ccc2c(c1)CN1C(=O)c3ccccc3C1=N2. The summed E-state index contributed by atoms with van der Waals surface area (Å²) in [5.74, 6) is -0.546. The van der Waals surface area contributed by atoms with Crippen LogP contribution in [0.25, 0.3) is 11.1 Å². The van der Waals surface area contributed by atoms with Crippen molar-refractivity contribution in [3.8, 4) is 11.1 Å². The molecule has 50 heavy (non-hydrogen) atoms. The second-order valence-electron chi connectivity index (χ2n) is 12.7. The highest BCUT2D eigenvalue weighted by atomic mass is 16.5. The average Bonchev–Trinajstić information content (AvgIpc) is 3.60. The number of unbranched alkanes of at least 4 members (excludes halogenated alkanes) is 1. The molecule has 5 N–H and O–H groups in total. The van der Waals surface area contributed by atoms with Crippen molar-refractivity contribution in [2.75, 3.05) is 18.5 Å². The second-order valence-corrected chi connectivity index (χ2v) is 12.7. The minimum Gasteiger partial charge on any atom is -0.449 e. The molecule has 4 aromatic carbocycles. The molecule has 0 spiro atoms. The molecule has 254 valence electrons. The summed E-state index contributed by atoms with van der Waals surface area (Å²) < 4.78 is 5.69. The number of fused-ring (bicyclic) bond motifs is 7. The number of aliphatic imine (C=N–C) groups is 1. The summed E-state index contributed by atoms with van der Waals surface area (Å²) in [6.45, 7) is 2.46. The normalized spacial score (nSPS) is 15.0. The van der Waals surface area contributed by atoms with Crippen LogP contribution in [0.5, 0.6) is 0 Å². The minimum atomic E-state index is -0.926. The first kappa shape index (κ1) is 32.7. The van der Waals surface area contributed by atoms with Crippen LogP contribution >= 0.6 is 0 Å². The summed E-state index contributed by atoms with van der Waals surface area (Å²) in [5.41, 5.74) is 13.5. The maximum absolute atomic E-state index is 13.4.